The molecule has 6 aliphatic rings. The number of aromatic carboxylic acids is 1. The van der Waals surface area contributed by atoms with Crippen molar-refractivity contribution in [2.24, 2.45) is 5.11 Å². The molecule has 22 nitrogen and oxygen atoms in total. The van der Waals surface area contributed by atoms with Gasteiger partial charge in [-0.25, -0.2) is 4.79 Å². The molecule has 18 atom stereocenters. The summed E-state index contributed by atoms with van der Waals surface area (Å²) in [4.78, 5) is 42.4. The van der Waals surface area contributed by atoms with Gasteiger partial charge in [0.25, 0.3) is 0 Å². The predicted molar refractivity (Wildman–Crippen MR) is 307 cm³/mol. The Morgan fingerprint density at radius 3 is 1.39 bits per heavy atom. The summed E-state index contributed by atoms with van der Waals surface area (Å²) >= 11 is 0. The van der Waals surface area contributed by atoms with Gasteiger partial charge in [-0.15, -0.1) is 0 Å². The maximum Gasteiger partial charge on any atom is 0.336 e. The molecule has 6 aromatic carbocycles. The van der Waals surface area contributed by atoms with Crippen LogP contribution in [0.5, 0.6) is 0 Å². The number of ketones is 1. The summed E-state index contributed by atoms with van der Waals surface area (Å²) < 4.78 is 102. The number of hydrogen-bond acceptors (Lipinski definition) is 19. The van der Waals surface area contributed by atoms with Crippen LogP contribution in [-0.4, -0.2) is 135 Å². The molecule has 0 bridgehead atoms. The Kier molecular flexibility index (Phi) is 20.0. The second-order valence-electron chi connectivity index (χ2n) is 22.0. The number of Topliss-reactive ketones (excluding diaryl/α,β-unsaturated/α-hetero) is 1. The van der Waals surface area contributed by atoms with Gasteiger partial charge in [-0.2, -0.15) is 0 Å². The number of hydrogen-bond donors (Lipinski definition) is 1. The summed E-state index contributed by atoms with van der Waals surface area (Å²) in [5.41, 5.74) is 14.5. The molecule has 0 aliphatic carbocycles. The minimum Gasteiger partial charge on any atom is -0.478 e. The number of carboxylic acid groups (broad SMARTS) is 1. The fourth-order valence-electron chi connectivity index (χ4n) is 11.7. The quantitative estimate of drug-likeness (QED) is 0.0287. The normalized spacial score (nSPS) is 31.8. The van der Waals surface area contributed by atoms with E-state index in [1.54, 1.807) is 18.2 Å². The topological polar surface area (TPSA) is 259 Å². The first-order valence-corrected chi connectivity index (χ1v) is 29.3. The van der Waals surface area contributed by atoms with Crippen molar-refractivity contribution in [3.8, 4) is 0 Å². The molecule has 6 aromatic rings. The van der Waals surface area contributed by atoms with Gasteiger partial charge in [-0.05, 0) is 35.2 Å². The van der Waals surface area contributed by atoms with Crippen LogP contribution in [0, 0.1) is 0 Å². The number of azide groups is 1. The van der Waals surface area contributed by atoms with Crippen molar-refractivity contribution in [1.82, 2.24) is 0 Å². The first-order valence-electron chi connectivity index (χ1n) is 29.3. The lowest BCUT2D eigenvalue weighted by Crippen LogP contribution is -2.69. The average Bonchev–Trinajstić information content (AvgIpc) is 1.98. The van der Waals surface area contributed by atoms with Gasteiger partial charge >= 0.3 is 11.9 Å². The number of carbonyl (C=O) groups is 3. The van der Waals surface area contributed by atoms with Crippen molar-refractivity contribution < 1.29 is 90.5 Å². The van der Waals surface area contributed by atoms with E-state index in [2.05, 4.69) is 10.0 Å². The van der Waals surface area contributed by atoms with E-state index in [1.165, 1.54) is 13.0 Å². The lowest BCUT2D eigenvalue weighted by molar-refractivity contribution is -0.422. The Labute approximate surface area is 507 Å². The minimum atomic E-state index is -1.56. The standard InChI is InChI=1S/C66H67N3O19/c1-39(70)31-32-50(71)83-58-56(74-33-40-19-7-2-8-20-40)53-48(37-78-62(85-53)43-25-13-5-14-26-43)81-65(58)88-59-57(75-34-41-21-9-3-10-22-41)54-49(38-79-63(86-54)44-27-15-6-16-28-44)82-66(59)87-55-51(68-69-67)64(76-35-45-29-17-18-30-46(45)60(72)73)80-47-36-77-61(84-52(47)55)42-23-11-4-12-24-42/h2-30,47-49,51-59,61-66H,31-38H2,1H3,(H,72,73)/t47-,48-,49-,51-,52-,53-,54-,55-,56+,57+,58+,59+,61-,62-,63-,64+,65-,66+/m1/s1. The van der Waals surface area contributed by atoms with Gasteiger partial charge in [-0.1, -0.05) is 175 Å². The molecule has 6 fully saturated rings. The van der Waals surface area contributed by atoms with Gasteiger partial charge in [0.2, 0.25) is 0 Å². The molecule has 22 heteroatoms. The molecule has 460 valence electrons. The van der Waals surface area contributed by atoms with Crippen LogP contribution >= 0.6 is 0 Å². The second-order valence-corrected chi connectivity index (χ2v) is 22.0. The van der Waals surface area contributed by atoms with Crippen LogP contribution in [0.15, 0.2) is 181 Å². The molecule has 6 aliphatic heterocycles. The van der Waals surface area contributed by atoms with Crippen LogP contribution in [0.4, 0.5) is 0 Å². The van der Waals surface area contributed by atoms with E-state index < -0.39 is 123 Å². The molecule has 0 radical (unpaired) electrons. The molecule has 0 unspecified atom stereocenters. The van der Waals surface area contributed by atoms with Crippen LogP contribution in [0.2, 0.25) is 0 Å². The number of esters is 1. The van der Waals surface area contributed by atoms with Crippen molar-refractivity contribution in [2.45, 2.75) is 151 Å². The lowest BCUT2D eigenvalue weighted by atomic mass is 9.93. The number of rotatable bonds is 22. The van der Waals surface area contributed by atoms with E-state index in [4.69, 9.17) is 71.1 Å². The fraction of sp³-hybridized carbons (Fsp3) is 0.409. The average molecular weight is 1210 g/mol. The van der Waals surface area contributed by atoms with Crippen LogP contribution in [0.3, 0.4) is 0 Å². The SMILES string of the molecule is CC(=O)CCC(=O)O[C@@H]1[C@@H](O[C@@H]2[C@H](O[C@@H]3[C@@H](N=[N+]=[N-])[C@@H](OCc4ccccc4C(=O)O)O[C@@H]4CO[C@@H](c5ccccc5)O[C@@H]34)O[C@@H]3CO[C@@H](c4ccccc4)O[C@H]3[C@@H]2OCc2ccccc2)O[C@@H]2CO[C@@H](c3ccccc3)O[C@H]2[C@@H]1OCc1ccccc1. The van der Waals surface area contributed by atoms with Gasteiger partial charge in [0, 0.05) is 28.0 Å². The highest BCUT2D eigenvalue weighted by Crippen LogP contribution is 2.44. The molecule has 12 rings (SSSR count). The monoisotopic (exact) mass is 1210 g/mol. The van der Waals surface area contributed by atoms with Crippen molar-refractivity contribution >= 4 is 17.7 Å². The van der Waals surface area contributed by atoms with Crippen LogP contribution in [0.25, 0.3) is 10.4 Å². The van der Waals surface area contributed by atoms with E-state index in [0.29, 0.717) is 11.1 Å². The molecule has 0 amide bonds. The summed E-state index contributed by atoms with van der Waals surface area (Å²) in [7, 11) is 0. The third kappa shape index (κ3) is 14.4. The highest BCUT2D eigenvalue weighted by atomic mass is 16.8. The second kappa shape index (κ2) is 28.9. The number of benzene rings is 6. The molecule has 6 heterocycles. The molecule has 0 aromatic heterocycles. The third-order valence-electron chi connectivity index (χ3n) is 16.0. The third-order valence-corrected chi connectivity index (χ3v) is 16.0. The largest absolute Gasteiger partial charge is 0.478 e. The van der Waals surface area contributed by atoms with E-state index >= 15 is 0 Å². The van der Waals surface area contributed by atoms with Crippen molar-refractivity contribution in [2.75, 3.05) is 19.8 Å². The Bertz CT molecular complexity index is 3300. The Morgan fingerprint density at radius 1 is 0.489 bits per heavy atom. The molecule has 88 heavy (non-hydrogen) atoms. The minimum absolute atomic E-state index is 0.00775. The Hall–Kier alpha value is -7.32. The van der Waals surface area contributed by atoms with E-state index in [9.17, 15) is 25.0 Å². The maximum atomic E-state index is 14.3. The van der Waals surface area contributed by atoms with Crippen molar-refractivity contribution in [3.05, 3.63) is 225 Å². The number of fused-ring (bicyclic) bond motifs is 3. The zero-order valence-electron chi connectivity index (χ0n) is 47.9. The van der Waals surface area contributed by atoms with Gasteiger partial charge in [0.1, 0.15) is 72.9 Å². The number of ether oxygens (including phenoxy) is 15. The van der Waals surface area contributed by atoms with Gasteiger partial charge in [0.05, 0.1) is 51.6 Å². The molecule has 1 N–H and O–H groups in total. The van der Waals surface area contributed by atoms with Crippen molar-refractivity contribution in [1.29, 1.82) is 0 Å². The van der Waals surface area contributed by atoms with E-state index in [0.717, 1.165) is 22.3 Å². The summed E-state index contributed by atoms with van der Waals surface area (Å²) in [5.74, 6) is -2.15. The van der Waals surface area contributed by atoms with Crippen LogP contribution < -0.4 is 0 Å². The summed E-state index contributed by atoms with van der Waals surface area (Å²) in [6, 6.07) is 51.9. The smallest absolute Gasteiger partial charge is 0.336 e. The zero-order chi connectivity index (χ0) is 60.3. The molecule has 6 saturated heterocycles. The Balaban J connectivity index is 0.961. The van der Waals surface area contributed by atoms with E-state index in [-0.39, 0.29) is 63.8 Å². The summed E-state index contributed by atoms with van der Waals surface area (Å²) in [6.45, 7) is 1.03. The summed E-state index contributed by atoms with van der Waals surface area (Å²) in [5, 5.41) is 14.4. The highest BCUT2D eigenvalue weighted by Gasteiger charge is 2.60. The first kappa shape index (κ1) is 60.9. The molecular formula is C66H67N3O19. The predicted octanol–water partition coefficient (Wildman–Crippen LogP) is 9.32. The summed E-state index contributed by atoms with van der Waals surface area (Å²) in [6.07, 6.45) is -19.9. The zero-order valence-corrected chi connectivity index (χ0v) is 47.9. The first-order chi connectivity index (χ1) is 43.1. The van der Waals surface area contributed by atoms with Gasteiger partial charge < -0.3 is 81.0 Å². The van der Waals surface area contributed by atoms with Crippen LogP contribution in [0.1, 0.15) is 82.4 Å². The van der Waals surface area contributed by atoms with Crippen LogP contribution in [-0.2, 0) is 100 Å². The number of carbonyl (C=O) groups excluding carboxylic acids is 2. The number of carboxylic acids is 1. The molecular weight excluding hydrogens is 1140 g/mol. The molecule has 0 saturated carbocycles. The molecule has 0 spiro atoms. The number of nitrogens with zero attached hydrogens (tertiary/aromatic N) is 3. The maximum absolute atomic E-state index is 14.3. The highest BCUT2D eigenvalue weighted by molar-refractivity contribution is 5.89. The van der Waals surface area contributed by atoms with Gasteiger partial charge in [-0.3, -0.25) is 4.79 Å². The lowest BCUT2D eigenvalue weighted by Gasteiger charge is -2.54. The fourth-order valence-corrected chi connectivity index (χ4v) is 11.7. The van der Waals surface area contributed by atoms with E-state index in [1.807, 2.05) is 152 Å². The van der Waals surface area contributed by atoms with Gasteiger partial charge in [0.15, 0.2) is 43.8 Å². The Morgan fingerprint density at radius 2 is 0.909 bits per heavy atom. The van der Waals surface area contributed by atoms with Crippen molar-refractivity contribution in [3.63, 3.8) is 0 Å².